The molecule has 20 heavy (non-hydrogen) atoms. The number of carbonyl (C=O) groups excluding carboxylic acids is 1. The van der Waals surface area contributed by atoms with Crippen LogP contribution in [-0.2, 0) is 0 Å². The number of thiophene rings is 1. The normalized spacial score (nSPS) is 19.6. The highest BCUT2D eigenvalue weighted by atomic mass is 35.5. The van der Waals surface area contributed by atoms with Gasteiger partial charge in [-0.1, -0.05) is 25.4 Å². The van der Waals surface area contributed by atoms with Gasteiger partial charge in [0.15, 0.2) is 0 Å². The van der Waals surface area contributed by atoms with Crippen LogP contribution >= 0.6 is 22.9 Å². The quantitative estimate of drug-likeness (QED) is 0.921. The van der Waals surface area contributed by atoms with E-state index in [9.17, 15) is 4.79 Å². The predicted molar refractivity (Wildman–Crippen MR) is 85.8 cm³/mol. The summed E-state index contributed by atoms with van der Waals surface area (Å²) < 4.78 is 0. The first-order valence-electron chi connectivity index (χ1n) is 7.25. The van der Waals surface area contributed by atoms with E-state index in [1.54, 1.807) is 0 Å². The summed E-state index contributed by atoms with van der Waals surface area (Å²) >= 11 is 7.67. The molecule has 1 N–H and O–H groups in total. The van der Waals surface area contributed by atoms with E-state index < -0.39 is 0 Å². The van der Waals surface area contributed by atoms with Gasteiger partial charge in [-0.3, -0.25) is 4.79 Å². The summed E-state index contributed by atoms with van der Waals surface area (Å²) in [5.74, 6) is 0.650. The van der Waals surface area contributed by atoms with E-state index in [1.807, 2.05) is 17.2 Å². The molecule has 1 aliphatic heterocycles. The molecule has 1 atom stereocenters. The molecule has 1 aliphatic rings. The first-order chi connectivity index (χ1) is 9.49. The van der Waals surface area contributed by atoms with Crippen molar-refractivity contribution in [3.8, 4) is 0 Å². The lowest BCUT2D eigenvalue weighted by molar-refractivity contribution is 0.0677. The maximum atomic E-state index is 12.5. The number of rotatable bonds is 4. The number of nitrogens with zero attached hydrogens (tertiary/aromatic N) is 1. The number of hydrogen-bond donors (Lipinski definition) is 1. The van der Waals surface area contributed by atoms with Crippen LogP contribution < -0.4 is 5.32 Å². The standard InChI is InChI=1S/C15H23ClN2OS/c1-10(2)17-7-12-5-4-6-18(8-12)15(19)14-13(16)11(3)9-20-14/h9-10,12,17H,4-8H2,1-3H3. The molecule has 112 valence electrons. The van der Waals surface area contributed by atoms with Crippen LogP contribution in [0.15, 0.2) is 5.38 Å². The molecule has 0 bridgehead atoms. The summed E-state index contributed by atoms with van der Waals surface area (Å²) in [5.41, 5.74) is 0.995. The number of aryl methyl sites for hydroxylation is 1. The first kappa shape index (κ1) is 15.8. The summed E-state index contributed by atoms with van der Waals surface area (Å²) in [5, 5.41) is 6.05. The second-order valence-corrected chi connectivity index (χ2v) is 7.14. The lowest BCUT2D eigenvalue weighted by Gasteiger charge is -2.33. The lowest BCUT2D eigenvalue weighted by atomic mass is 9.97. The minimum Gasteiger partial charge on any atom is -0.338 e. The molecule has 1 aromatic heterocycles. The number of likely N-dealkylation sites (tertiary alicyclic amines) is 1. The van der Waals surface area contributed by atoms with Gasteiger partial charge in [-0.05, 0) is 43.2 Å². The Hall–Kier alpha value is -0.580. The Morgan fingerprint density at radius 1 is 1.60 bits per heavy atom. The van der Waals surface area contributed by atoms with E-state index in [0.717, 1.165) is 31.6 Å². The highest BCUT2D eigenvalue weighted by molar-refractivity contribution is 7.13. The Morgan fingerprint density at radius 3 is 2.95 bits per heavy atom. The molecule has 0 saturated carbocycles. The largest absolute Gasteiger partial charge is 0.338 e. The molecule has 1 fully saturated rings. The molecule has 3 nitrogen and oxygen atoms in total. The molecular formula is C15H23ClN2OS. The maximum absolute atomic E-state index is 12.5. The fourth-order valence-electron chi connectivity index (χ4n) is 2.54. The van der Waals surface area contributed by atoms with Gasteiger partial charge in [-0.2, -0.15) is 0 Å². The van der Waals surface area contributed by atoms with Crippen molar-refractivity contribution in [2.45, 2.75) is 39.7 Å². The molecule has 0 radical (unpaired) electrons. The van der Waals surface area contributed by atoms with Crippen LogP contribution in [0.2, 0.25) is 5.02 Å². The molecule has 1 saturated heterocycles. The Kier molecular flexibility index (Phi) is 5.47. The van der Waals surface area contributed by atoms with Crippen molar-refractivity contribution in [3.05, 3.63) is 20.8 Å². The molecule has 2 rings (SSSR count). The van der Waals surface area contributed by atoms with Crippen molar-refractivity contribution >= 4 is 28.8 Å². The van der Waals surface area contributed by atoms with E-state index in [0.29, 0.717) is 21.9 Å². The Balaban J connectivity index is 1.98. The Morgan fingerprint density at radius 2 is 2.35 bits per heavy atom. The first-order valence-corrected chi connectivity index (χ1v) is 8.51. The number of hydrogen-bond acceptors (Lipinski definition) is 3. The molecule has 5 heteroatoms. The molecular weight excluding hydrogens is 292 g/mol. The van der Waals surface area contributed by atoms with Gasteiger partial charge >= 0.3 is 0 Å². The van der Waals surface area contributed by atoms with E-state index >= 15 is 0 Å². The average Bonchev–Trinajstić information content (AvgIpc) is 2.76. The topological polar surface area (TPSA) is 32.3 Å². The minimum atomic E-state index is 0.0994. The number of carbonyl (C=O) groups is 1. The highest BCUT2D eigenvalue weighted by Crippen LogP contribution is 2.29. The van der Waals surface area contributed by atoms with Crippen molar-refractivity contribution in [2.24, 2.45) is 5.92 Å². The molecule has 2 heterocycles. The van der Waals surface area contributed by atoms with Gasteiger partial charge in [0.1, 0.15) is 4.88 Å². The van der Waals surface area contributed by atoms with Gasteiger partial charge in [0.2, 0.25) is 0 Å². The zero-order valence-electron chi connectivity index (χ0n) is 12.4. The van der Waals surface area contributed by atoms with Crippen molar-refractivity contribution < 1.29 is 4.79 Å². The smallest absolute Gasteiger partial charge is 0.265 e. The maximum Gasteiger partial charge on any atom is 0.265 e. The van der Waals surface area contributed by atoms with Gasteiger partial charge in [-0.15, -0.1) is 11.3 Å². The van der Waals surface area contributed by atoms with Gasteiger partial charge in [0.25, 0.3) is 5.91 Å². The third-order valence-electron chi connectivity index (χ3n) is 3.71. The molecule has 0 aromatic carbocycles. The Bertz CT molecular complexity index is 472. The minimum absolute atomic E-state index is 0.0994. The van der Waals surface area contributed by atoms with Crippen LogP contribution in [0.1, 0.15) is 41.9 Å². The zero-order chi connectivity index (χ0) is 14.7. The van der Waals surface area contributed by atoms with Crippen molar-refractivity contribution in [3.63, 3.8) is 0 Å². The summed E-state index contributed by atoms with van der Waals surface area (Å²) in [6, 6.07) is 0.496. The Labute approximate surface area is 130 Å². The fraction of sp³-hybridized carbons (Fsp3) is 0.667. The van der Waals surface area contributed by atoms with Crippen LogP contribution in [0.4, 0.5) is 0 Å². The summed E-state index contributed by atoms with van der Waals surface area (Å²) in [6.07, 6.45) is 2.28. The van der Waals surface area contributed by atoms with Crippen LogP contribution in [0.25, 0.3) is 0 Å². The molecule has 1 aromatic rings. The van der Waals surface area contributed by atoms with E-state index in [1.165, 1.54) is 17.8 Å². The molecule has 1 amide bonds. The number of amides is 1. The lowest BCUT2D eigenvalue weighted by Crippen LogP contribution is -2.43. The van der Waals surface area contributed by atoms with Crippen molar-refractivity contribution in [1.82, 2.24) is 10.2 Å². The molecule has 0 spiro atoms. The van der Waals surface area contributed by atoms with Crippen LogP contribution in [0.5, 0.6) is 0 Å². The third-order valence-corrected chi connectivity index (χ3v) is 5.40. The third kappa shape index (κ3) is 3.74. The van der Waals surface area contributed by atoms with Gasteiger partial charge < -0.3 is 10.2 Å². The van der Waals surface area contributed by atoms with Crippen LogP contribution in [-0.4, -0.2) is 36.5 Å². The average molecular weight is 315 g/mol. The second-order valence-electron chi connectivity index (χ2n) is 5.88. The van der Waals surface area contributed by atoms with Crippen LogP contribution in [0, 0.1) is 12.8 Å². The SMILES string of the molecule is Cc1csc(C(=O)N2CCCC(CNC(C)C)C2)c1Cl. The van der Waals surface area contributed by atoms with Crippen LogP contribution in [0.3, 0.4) is 0 Å². The monoisotopic (exact) mass is 314 g/mol. The zero-order valence-corrected chi connectivity index (χ0v) is 14.0. The van der Waals surface area contributed by atoms with Crippen molar-refractivity contribution in [1.29, 1.82) is 0 Å². The predicted octanol–water partition coefficient (Wildman–Crippen LogP) is 3.56. The molecule has 0 aliphatic carbocycles. The number of halogens is 1. The number of nitrogens with one attached hydrogen (secondary N) is 1. The van der Waals surface area contributed by atoms with E-state index in [2.05, 4.69) is 19.2 Å². The molecule has 1 unspecified atom stereocenters. The number of piperidine rings is 1. The summed E-state index contributed by atoms with van der Waals surface area (Å²) in [6.45, 7) is 8.93. The second kappa shape index (κ2) is 6.92. The summed E-state index contributed by atoms with van der Waals surface area (Å²) in [4.78, 5) is 15.2. The van der Waals surface area contributed by atoms with E-state index in [-0.39, 0.29) is 5.91 Å². The van der Waals surface area contributed by atoms with Crippen molar-refractivity contribution in [2.75, 3.05) is 19.6 Å². The highest BCUT2D eigenvalue weighted by Gasteiger charge is 2.26. The van der Waals surface area contributed by atoms with E-state index in [4.69, 9.17) is 11.6 Å². The van der Waals surface area contributed by atoms with Gasteiger partial charge in [0.05, 0.1) is 5.02 Å². The van der Waals surface area contributed by atoms with Gasteiger partial charge in [-0.25, -0.2) is 0 Å². The fourth-order valence-corrected chi connectivity index (χ4v) is 3.78. The summed E-state index contributed by atoms with van der Waals surface area (Å²) in [7, 11) is 0. The van der Waals surface area contributed by atoms with Gasteiger partial charge in [0, 0.05) is 19.1 Å².